The molecule has 1 aliphatic carbocycles. The van der Waals surface area contributed by atoms with Crippen molar-refractivity contribution >= 4 is 5.71 Å². The molecule has 4 nitrogen and oxygen atoms in total. The molecule has 0 bridgehead atoms. The molecule has 0 radical (unpaired) electrons. The van der Waals surface area contributed by atoms with Crippen molar-refractivity contribution in [2.24, 2.45) is 5.16 Å². The van der Waals surface area contributed by atoms with Gasteiger partial charge < -0.3 is 14.8 Å². The lowest BCUT2D eigenvalue weighted by Gasteiger charge is -2.36. The Balaban J connectivity index is 1.44. The van der Waals surface area contributed by atoms with E-state index in [0.717, 1.165) is 23.4 Å². The van der Waals surface area contributed by atoms with Crippen LogP contribution in [0.15, 0.2) is 53.7 Å². The van der Waals surface area contributed by atoms with E-state index in [0.29, 0.717) is 12.1 Å². The number of fused-ring (bicyclic) bond motifs is 3. The number of piperidine rings is 1. The molecular weight excluding hydrogens is 336 g/mol. The van der Waals surface area contributed by atoms with Gasteiger partial charge in [-0.2, -0.15) is 0 Å². The average Bonchev–Trinajstić information content (AvgIpc) is 2.99. The molecule has 0 amide bonds. The van der Waals surface area contributed by atoms with Crippen LogP contribution in [0.2, 0.25) is 0 Å². The third-order valence-electron chi connectivity index (χ3n) is 6.09. The summed E-state index contributed by atoms with van der Waals surface area (Å²) in [5, 5.41) is 14.9. The standard InChI is InChI=1S/C23H28N2O2/c1-16-8-7-9-17(2)25(16)14-18(26)15-27-24-23-21-12-5-3-10-19(21)20-11-4-6-13-22(20)23/h3-6,10-13,16-18,26H,7-9,14-15H2,1-2H3/p+1/t16-,17-,18-/m0/s1. The summed E-state index contributed by atoms with van der Waals surface area (Å²) in [4.78, 5) is 7.12. The van der Waals surface area contributed by atoms with Gasteiger partial charge in [-0.3, -0.25) is 0 Å². The van der Waals surface area contributed by atoms with Crippen molar-refractivity contribution in [2.45, 2.75) is 51.3 Å². The van der Waals surface area contributed by atoms with Crippen LogP contribution in [0, 0.1) is 0 Å². The van der Waals surface area contributed by atoms with E-state index in [2.05, 4.69) is 43.3 Å². The smallest absolute Gasteiger partial charge is 0.148 e. The van der Waals surface area contributed by atoms with Crippen LogP contribution in [0.5, 0.6) is 0 Å². The number of oxime groups is 1. The lowest BCUT2D eigenvalue weighted by molar-refractivity contribution is -0.954. The summed E-state index contributed by atoms with van der Waals surface area (Å²) in [5.74, 6) is 0. The zero-order chi connectivity index (χ0) is 18.8. The minimum absolute atomic E-state index is 0.233. The minimum atomic E-state index is -0.501. The van der Waals surface area contributed by atoms with Crippen molar-refractivity contribution in [3.05, 3.63) is 59.7 Å². The third-order valence-corrected chi connectivity index (χ3v) is 6.09. The van der Waals surface area contributed by atoms with Crippen LogP contribution in [0.3, 0.4) is 0 Å². The summed E-state index contributed by atoms with van der Waals surface area (Å²) in [7, 11) is 0. The van der Waals surface area contributed by atoms with Gasteiger partial charge in [0.25, 0.3) is 0 Å². The van der Waals surface area contributed by atoms with Crippen LogP contribution in [-0.2, 0) is 4.84 Å². The SMILES string of the molecule is C[C@H]1CCC[C@H](C)[NH+]1C[C@H](O)CON=C1c2ccccc2-c2ccccc21. The number of nitrogens with one attached hydrogen (secondary N) is 1. The van der Waals surface area contributed by atoms with E-state index in [4.69, 9.17) is 4.84 Å². The van der Waals surface area contributed by atoms with Gasteiger partial charge >= 0.3 is 0 Å². The predicted molar refractivity (Wildman–Crippen MR) is 108 cm³/mol. The number of quaternary nitrogens is 1. The second-order valence-corrected chi connectivity index (χ2v) is 7.99. The molecule has 2 aromatic carbocycles. The van der Waals surface area contributed by atoms with Gasteiger partial charge in [0.05, 0.1) is 12.1 Å². The van der Waals surface area contributed by atoms with Crippen molar-refractivity contribution in [3.63, 3.8) is 0 Å². The number of hydrogen-bond donors (Lipinski definition) is 2. The summed E-state index contributed by atoms with van der Waals surface area (Å²) >= 11 is 0. The maximum atomic E-state index is 10.5. The highest BCUT2D eigenvalue weighted by molar-refractivity contribution is 6.24. The molecule has 0 saturated carbocycles. The second kappa shape index (κ2) is 7.83. The van der Waals surface area contributed by atoms with E-state index in [1.165, 1.54) is 35.3 Å². The molecule has 3 atom stereocenters. The van der Waals surface area contributed by atoms with Crippen LogP contribution in [-0.4, -0.2) is 42.2 Å². The molecule has 0 unspecified atom stereocenters. The van der Waals surface area contributed by atoms with E-state index in [9.17, 15) is 5.11 Å². The monoisotopic (exact) mass is 365 g/mol. The topological polar surface area (TPSA) is 46.3 Å². The predicted octanol–water partition coefficient (Wildman–Crippen LogP) is 2.64. The Morgan fingerprint density at radius 2 is 1.48 bits per heavy atom. The molecule has 0 aromatic heterocycles. The molecule has 1 heterocycles. The van der Waals surface area contributed by atoms with Crippen LogP contribution < -0.4 is 4.90 Å². The molecule has 2 N–H and O–H groups in total. The fourth-order valence-corrected chi connectivity index (χ4v) is 4.60. The fourth-order valence-electron chi connectivity index (χ4n) is 4.60. The van der Waals surface area contributed by atoms with Crippen molar-refractivity contribution in [3.8, 4) is 11.1 Å². The van der Waals surface area contributed by atoms with Gasteiger partial charge in [-0.15, -0.1) is 0 Å². The number of nitrogens with zero attached hydrogens (tertiary/aromatic N) is 1. The van der Waals surface area contributed by atoms with Crippen LogP contribution in [0.25, 0.3) is 11.1 Å². The van der Waals surface area contributed by atoms with E-state index < -0.39 is 6.10 Å². The first-order valence-corrected chi connectivity index (χ1v) is 10.1. The van der Waals surface area contributed by atoms with Crippen LogP contribution >= 0.6 is 0 Å². The number of aliphatic hydroxyl groups is 1. The quantitative estimate of drug-likeness (QED) is 0.683. The van der Waals surface area contributed by atoms with Gasteiger partial charge in [-0.1, -0.05) is 53.7 Å². The highest BCUT2D eigenvalue weighted by Gasteiger charge is 2.30. The largest absolute Gasteiger partial charge is 0.392 e. The van der Waals surface area contributed by atoms with Gasteiger partial charge in [-0.25, -0.2) is 0 Å². The Morgan fingerprint density at radius 3 is 2.04 bits per heavy atom. The maximum Gasteiger partial charge on any atom is 0.148 e. The molecule has 2 aliphatic rings. The Bertz CT molecular complexity index is 775. The number of hydrogen-bond acceptors (Lipinski definition) is 3. The number of rotatable bonds is 5. The molecule has 1 saturated heterocycles. The van der Waals surface area contributed by atoms with Crippen molar-refractivity contribution < 1.29 is 14.8 Å². The first kappa shape index (κ1) is 18.2. The highest BCUT2D eigenvalue weighted by Crippen LogP contribution is 2.36. The Hall–Kier alpha value is -2.17. The third kappa shape index (κ3) is 3.64. The zero-order valence-electron chi connectivity index (χ0n) is 16.2. The van der Waals surface area contributed by atoms with E-state index in [-0.39, 0.29) is 6.61 Å². The number of benzene rings is 2. The van der Waals surface area contributed by atoms with Gasteiger partial charge in [0.2, 0.25) is 0 Å². The zero-order valence-corrected chi connectivity index (χ0v) is 16.2. The fraction of sp³-hybridized carbons (Fsp3) is 0.435. The van der Waals surface area contributed by atoms with E-state index in [1.807, 2.05) is 24.3 Å². The molecular formula is C23H29N2O2+. The molecule has 142 valence electrons. The Kier molecular flexibility index (Phi) is 5.28. The highest BCUT2D eigenvalue weighted by atomic mass is 16.6. The lowest BCUT2D eigenvalue weighted by atomic mass is 9.97. The Morgan fingerprint density at radius 1 is 0.963 bits per heavy atom. The molecule has 4 heteroatoms. The summed E-state index contributed by atoms with van der Waals surface area (Å²) < 4.78 is 0. The van der Waals surface area contributed by atoms with E-state index in [1.54, 1.807) is 0 Å². The first-order valence-electron chi connectivity index (χ1n) is 10.1. The Labute approximate surface area is 161 Å². The van der Waals surface area contributed by atoms with Crippen LogP contribution in [0.1, 0.15) is 44.2 Å². The van der Waals surface area contributed by atoms with E-state index >= 15 is 0 Å². The maximum absolute atomic E-state index is 10.5. The molecule has 27 heavy (non-hydrogen) atoms. The van der Waals surface area contributed by atoms with Crippen molar-refractivity contribution in [1.82, 2.24) is 0 Å². The van der Waals surface area contributed by atoms with Crippen molar-refractivity contribution in [1.29, 1.82) is 0 Å². The lowest BCUT2D eigenvalue weighted by Crippen LogP contribution is -3.20. The molecule has 2 aromatic rings. The van der Waals surface area contributed by atoms with Gasteiger partial charge in [0.1, 0.15) is 25.0 Å². The van der Waals surface area contributed by atoms with Crippen LogP contribution in [0.4, 0.5) is 0 Å². The molecule has 1 fully saturated rings. The minimum Gasteiger partial charge on any atom is -0.392 e. The molecule has 1 aliphatic heterocycles. The number of likely N-dealkylation sites (tertiary alicyclic amines) is 1. The molecule has 4 rings (SSSR count). The van der Waals surface area contributed by atoms with Gasteiger partial charge in [0, 0.05) is 11.1 Å². The summed E-state index contributed by atoms with van der Waals surface area (Å²) in [6, 6.07) is 17.7. The van der Waals surface area contributed by atoms with Gasteiger partial charge in [0.15, 0.2) is 0 Å². The summed E-state index contributed by atoms with van der Waals surface area (Å²) in [5.41, 5.74) is 5.43. The summed E-state index contributed by atoms with van der Waals surface area (Å²) in [6.07, 6.45) is 3.27. The first-order chi connectivity index (χ1) is 13.1. The molecule has 0 spiro atoms. The normalized spacial score (nSPS) is 22.9. The second-order valence-electron chi connectivity index (χ2n) is 7.99. The van der Waals surface area contributed by atoms with Gasteiger partial charge in [-0.05, 0) is 44.2 Å². The number of aliphatic hydroxyl groups excluding tert-OH is 1. The average molecular weight is 365 g/mol. The van der Waals surface area contributed by atoms with Crippen molar-refractivity contribution in [2.75, 3.05) is 13.2 Å². The summed E-state index contributed by atoms with van der Waals surface area (Å²) in [6.45, 7) is 5.52.